The second kappa shape index (κ2) is 2.31. The van der Waals surface area contributed by atoms with E-state index in [0.29, 0.717) is 0 Å². The van der Waals surface area contributed by atoms with E-state index in [1.165, 1.54) is 11.9 Å². The van der Waals surface area contributed by atoms with Gasteiger partial charge >= 0.3 is 0 Å². The molecule has 0 aromatic heterocycles. The van der Waals surface area contributed by atoms with Gasteiger partial charge < -0.3 is 20.8 Å². The minimum Gasteiger partial charge on any atom is -0.501 e. The molecule has 62 valence electrons. The molecular weight excluding hydrogens is 148 g/mol. The number of aliphatic hydroxyl groups is 2. The Bertz CT molecular complexity index is 235. The largest absolute Gasteiger partial charge is 0.501 e. The van der Waals surface area contributed by atoms with Crippen LogP contribution >= 0.6 is 0 Å². The Labute approximate surface area is 63.4 Å². The molecule has 0 aromatic carbocycles. The van der Waals surface area contributed by atoms with E-state index >= 15 is 0 Å². The lowest BCUT2D eigenvalue weighted by atomic mass is 10.4. The number of rotatable bonds is 0. The second-order valence-electron chi connectivity index (χ2n) is 2.21. The van der Waals surface area contributed by atoms with Gasteiger partial charge in [-0.2, -0.15) is 0 Å². The van der Waals surface area contributed by atoms with Crippen molar-refractivity contribution in [2.24, 2.45) is 16.5 Å². The lowest BCUT2D eigenvalue weighted by Crippen LogP contribution is -2.43. The van der Waals surface area contributed by atoms with Gasteiger partial charge in [-0.05, 0) is 0 Å². The first-order valence-electron chi connectivity index (χ1n) is 2.98. The molecule has 1 aliphatic heterocycles. The van der Waals surface area contributed by atoms with Crippen LogP contribution in [0.15, 0.2) is 16.6 Å². The predicted octanol–water partition coefficient (Wildman–Crippen LogP) is -1.18. The highest BCUT2D eigenvalue weighted by Crippen LogP contribution is 2.11. The third-order valence-electron chi connectivity index (χ3n) is 1.46. The van der Waals surface area contributed by atoms with E-state index in [2.05, 4.69) is 4.99 Å². The number of nitrogens with zero attached hydrogens (tertiary/aromatic N) is 2. The van der Waals surface area contributed by atoms with Gasteiger partial charge in [0.15, 0.2) is 12.1 Å². The number of aliphatic hydroxyl groups excluding tert-OH is 2. The van der Waals surface area contributed by atoms with Gasteiger partial charge in [-0.25, -0.2) is 4.99 Å². The van der Waals surface area contributed by atoms with E-state index in [1.54, 1.807) is 0 Å². The van der Waals surface area contributed by atoms with Crippen molar-refractivity contribution in [2.75, 3.05) is 7.05 Å². The number of nitrogens with two attached hydrogens (primary N) is 2. The summed E-state index contributed by atoms with van der Waals surface area (Å²) in [5.74, 6) is -0.938. The zero-order valence-electron chi connectivity index (χ0n) is 6.02. The first kappa shape index (κ1) is 7.67. The minimum atomic E-state index is -0.731. The molecule has 6 heteroatoms. The summed E-state index contributed by atoms with van der Waals surface area (Å²) in [6.07, 6.45) is -0.731. The van der Waals surface area contributed by atoms with Crippen molar-refractivity contribution in [2.45, 2.75) is 6.29 Å². The first-order chi connectivity index (χ1) is 5.04. The van der Waals surface area contributed by atoms with Crippen molar-refractivity contribution in [3.05, 3.63) is 11.6 Å². The molecule has 1 unspecified atom stereocenters. The number of aliphatic imine (C=N–C) groups is 1. The topological polar surface area (TPSA) is 108 Å². The van der Waals surface area contributed by atoms with E-state index in [4.69, 9.17) is 21.7 Å². The zero-order valence-corrected chi connectivity index (χ0v) is 6.02. The molecule has 0 radical (unpaired) electrons. The van der Waals surface area contributed by atoms with Crippen LogP contribution in [0.1, 0.15) is 0 Å². The molecule has 1 aliphatic rings. The van der Waals surface area contributed by atoms with Crippen LogP contribution in [0, 0.1) is 0 Å². The maximum Gasteiger partial charge on any atom is 0.236 e. The van der Waals surface area contributed by atoms with E-state index < -0.39 is 12.0 Å². The molecule has 0 saturated heterocycles. The third kappa shape index (κ3) is 1.07. The van der Waals surface area contributed by atoms with Crippen LogP contribution in [-0.2, 0) is 0 Å². The van der Waals surface area contributed by atoms with Crippen molar-refractivity contribution < 1.29 is 10.2 Å². The van der Waals surface area contributed by atoms with Crippen molar-refractivity contribution in [3.63, 3.8) is 0 Å². The molecule has 0 amide bonds. The van der Waals surface area contributed by atoms with Crippen LogP contribution in [0.4, 0.5) is 0 Å². The van der Waals surface area contributed by atoms with E-state index in [0.717, 1.165) is 0 Å². The van der Waals surface area contributed by atoms with Crippen LogP contribution < -0.4 is 11.5 Å². The molecule has 0 saturated carbocycles. The van der Waals surface area contributed by atoms with Crippen LogP contribution in [-0.4, -0.2) is 34.3 Å². The van der Waals surface area contributed by atoms with Crippen molar-refractivity contribution in [1.29, 1.82) is 0 Å². The Balaban J connectivity index is 3.02. The van der Waals surface area contributed by atoms with Gasteiger partial charge in [0.2, 0.25) is 11.6 Å². The van der Waals surface area contributed by atoms with Crippen LogP contribution in [0.3, 0.4) is 0 Å². The van der Waals surface area contributed by atoms with Crippen LogP contribution in [0.5, 0.6) is 0 Å². The Morgan fingerprint density at radius 3 is 2.64 bits per heavy atom. The average Bonchev–Trinajstić information content (AvgIpc) is 1.97. The monoisotopic (exact) mass is 158 g/mol. The van der Waals surface area contributed by atoms with Crippen molar-refractivity contribution >= 4 is 5.84 Å². The summed E-state index contributed by atoms with van der Waals surface area (Å²) in [5, 5.41) is 18.1. The Hall–Kier alpha value is -1.43. The standard InChI is InChI=1S/C5H10N4O2/c1-9-4(11)2(10)3(6)8-5(9)7/h5,10-11H,7H2,1H3,(H2,6,8). The average molecular weight is 158 g/mol. The lowest BCUT2D eigenvalue weighted by molar-refractivity contribution is 0.161. The highest BCUT2D eigenvalue weighted by Gasteiger charge is 2.23. The van der Waals surface area contributed by atoms with E-state index in [-0.39, 0.29) is 11.7 Å². The fourth-order valence-electron chi connectivity index (χ4n) is 0.697. The molecule has 0 aliphatic carbocycles. The summed E-state index contributed by atoms with van der Waals surface area (Å²) in [4.78, 5) is 4.83. The van der Waals surface area contributed by atoms with Gasteiger partial charge in [0.25, 0.3) is 0 Å². The quantitative estimate of drug-likeness (QED) is 0.354. The number of hydrogen-bond donors (Lipinski definition) is 4. The molecule has 0 bridgehead atoms. The summed E-state index contributed by atoms with van der Waals surface area (Å²) in [6, 6.07) is 0. The van der Waals surface area contributed by atoms with Crippen molar-refractivity contribution in [3.8, 4) is 0 Å². The van der Waals surface area contributed by atoms with Crippen LogP contribution in [0.2, 0.25) is 0 Å². The van der Waals surface area contributed by atoms with Gasteiger partial charge in [0, 0.05) is 7.05 Å². The SMILES string of the molecule is CN1C(O)=C(O)C(N)=NC1N. The normalized spacial score (nSPS) is 25.5. The molecule has 11 heavy (non-hydrogen) atoms. The smallest absolute Gasteiger partial charge is 0.236 e. The molecular formula is C5H10N4O2. The summed E-state index contributed by atoms with van der Waals surface area (Å²) in [6.45, 7) is 0. The molecule has 1 atom stereocenters. The molecule has 0 aromatic rings. The maximum atomic E-state index is 9.10. The highest BCUT2D eigenvalue weighted by molar-refractivity contribution is 5.95. The minimum absolute atomic E-state index is 0.145. The van der Waals surface area contributed by atoms with E-state index in [1.807, 2.05) is 0 Å². The molecule has 0 spiro atoms. The maximum absolute atomic E-state index is 9.10. The van der Waals surface area contributed by atoms with Gasteiger partial charge in [-0.1, -0.05) is 0 Å². The third-order valence-corrected chi connectivity index (χ3v) is 1.46. The fourth-order valence-corrected chi connectivity index (χ4v) is 0.697. The van der Waals surface area contributed by atoms with Gasteiger partial charge in [-0.15, -0.1) is 0 Å². The molecule has 0 fully saturated rings. The zero-order chi connectivity index (χ0) is 8.59. The Morgan fingerprint density at radius 1 is 1.55 bits per heavy atom. The first-order valence-corrected chi connectivity index (χ1v) is 2.98. The Kier molecular flexibility index (Phi) is 1.61. The van der Waals surface area contributed by atoms with Gasteiger partial charge in [0.1, 0.15) is 0 Å². The summed E-state index contributed by atoms with van der Waals surface area (Å²) < 4.78 is 0. The molecule has 1 heterocycles. The van der Waals surface area contributed by atoms with Crippen LogP contribution in [0.25, 0.3) is 0 Å². The molecule has 6 nitrogen and oxygen atoms in total. The molecule has 1 rings (SSSR count). The summed E-state index contributed by atoms with van der Waals surface area (Å²) in [7, 11) is 1.49. The molecule has 6 N–H and O–H groups in total. The lowest BCUT2D eigenvalue weighted by Gasteiger charge is -2.26. The predicted molar refractivity (Wildman–Crippen MR) is 39.6 cm³/mol. The highest BCUT2D eigenvalue weighted by atomic mass is 16.3. The van der Waals surface area contributed by atoms with Gasteiger partial charge in [-0.3, -0.25) is 5.73 Å². The number of hydrogen-bond acceptors (Lipinski definition) is 6. The van der Waals surface area contributed by atoms with Crippen molar-refractivity contribution in [1.82, 2.24) is 4.90 Å². The Morgan fingerprint density at radius 2 is 2.09 bits per heavy atom. The summed E-state index contributed by atoms with van der Waals surface area (Å²) >= 11 is 0. The second-order valence-corrected chi connectivity index (χ2v) is 2.21. The number of amidine groups is 1. The summed E-state index contributed by atoms with van der Waals surface area (Å²) in [5.41, 5.74) is 10.6. The van der Waals surface area contributed by atoms with E-state index in [9.17, 15) is 0 Å². The van der Waals surface area contributed by atoms with Gasteiger partial charge in [0.05, 0.1) is 0 Å². The fraction of sp³-hybridized carbons (Fsp3) is 0.400.